The number of carbonyl (C=O) groups excluding carboxylic acids is 2. The fraction of sp³-hybridized carbons (Fsp3) is 0.867. The van der Waals surface area contributed by atoms with Gasteiger partial charge in [0.05, 0.1) is 0 Å². The molecule has 116 valence electrons. The van der Waals surface area contributed by atoms with Crippen LogP contribution in [-0.4, -0.2) is 42.4 Å². The first-order valence-electron chi connectivity index (χ1n) is 7.82. The molecular weight excluding hydrogens is 254 g/mol. The van der Waals surface area contributed by atoms with E-state index in [1.165, 1.54) is 0 Å². The van der Waals surface area contributed by atoms with Crippen LogP contribution in [0, 0.1) is 5.92 Å². The number of carbonyl (C=O) groups is 2. The van der Waals surface area contributed by atoms with Crippen molar-refractivity contribution in [2.75, 3.05) is 19.6 Å². The number of piperidine rings is 1. The summed E-state index contributed by atoms with van der Waals surface area (Å²) in [6.07, 6.45) is 5.24. The third-order valence-corrected chi connectivity index (χ3v) is 3.77. The van der Waals surface area contributed by atoms with Gasteiger partial charge in [-0.05, 0) is 32.2 Å². The van der Waals surface area contributed by atoms with E-state index in [1.54, 1.807) is 0 Å². The number of hydrogen-bond donors (Lipinski definition) is 2. The SMILES string of the molecule is CC(C)C(=O)N1CCC(NC(=O)CCCCCN)CC1. The number of rotatable bonds is 7. The topological polar surface area (TPSA) is 75.4 Å². The molecule has 0 atom stereocenters. The average Bonchev–Trinajstić information content (AvgIpc) is 2.43. The molecular formula is C15H29N3O2. The van der Waals surface area contributed by atoms with Gasteiger partial charge in [0.2, 0.25) is 11.8 Å². The molecule has 0 aromatic carbocycles. The summed E-state index contributed by atoms with van der Waals surface area (Å²) >= 11 is 0. The van der Waals surface area contributed by atoms with Crippen LogP contribution in [0.15, 0.2) is 0 Å². The number of amides is 2. The second kappa shape index (κ2) is 8.95. The number of unbranched alkanes of at least 4 members (excludes halogenated alkanes) is 2. The molecule has 0 saturated carbocycles. The minimum absolute atomic E-state index is 0.0590. The van der Waals surface area contributed by atoms with Crippen LogP contribution < -0.4 is 11.1 Å². The fourth-order valence-corrected chi connectivity index (χ4v) is 2.52. The Kier molecular flexibility index (Phi) is 7.59. The molecule has 1 saturated heterocycles. The molecule has 1 aliphatic rings. The molecule has 1 rings (SSSR count). The highest BCUT2D eigenvalue weighted by molar-refractivity contribution is 5.78. The molecule has 0 bridgehead atoms. The number of nitrogens with two attached hydrogens (primary N) is 1. The van der Waals surface area contributed by atoms with Gasteiger partial charge in [-0.1, -0.05) is 20.3 Å². The summed E-state index contributed by atoms with van der Waals surface area (Å²) < 4.78 is 0. The van der Waals surface area contributed by atoms with Crippen molar-refractivity contribution in [3.8, 4) is 0 Å². The Bertz CT molecular complexity index is 310. The van der Waals surface area contributed by atoms with Crippen molar-refractivity contribution in [2.45, 2.75) is 58.4 Å². The van der Waals surface area contributed by atoms with Gasteiger partial charge in [0, 0.05) is 31.5 Å². The van der Waals surface area contributed by atoms with Crippen molar-refractivity contribution in [3.63, 3.8) is 0 Å². The van der Waals surface area contributed by atoms with Crippen molar-refractivity contribution >= 4 is 11.8 Å². The van der Waals surface area contributed by atoms with Crippen LogP contribution in [0.3, 0.4) is 0 Å². The Morgan fingerprint density at radius 3 is 2.40 bits per heavy atom. The smallest absolute Gasteiger partial charge is 0.225 e. The molecule has 0 unspecified atom stereocenters. The van der Waals surface area contributed by atoms with Gasteiger partial charge >= 0.3 is 0 Å². The second-order valence-electron chi connectivity index (χ2n) is 5.92. The van der Waals surface area contributed by atoms with Crippen LogP contribution >= 0.6 is 0 Å². The van der Waals surface area contributed by atoms with E-state index in [-0.39, 0.29) is 23.8 Å². The quantitative estimate of drug-likeness (QED) is 0.691. The number of nitrogens with zero attached hydrogens (tertiary/aromatic N) is 1. The van der Waals surface area contributed by atoms with Crippen molar-refractivity contribution in [1.82, 2.24) is 10.2 Å². The first-order valence-corrected chi connectivity index (χ1v) is 7.82. The molecule has 2 amide bonds. The fourth-order valence-electron chi connectivity index (χ4n) is 2.52. The molecule has 3 N–H and O–H groups in total. The molecule has 0 spiro atoms. The lowest BCUT2D eigenvalue weighted by molar-refractivity contribution is -0.135. The van der Waals surface area contributed by atoms with Gasteiger partial charge in [-0.25, -0.2) is 0 Å². The summed E-state index contributed by atoms with van der Waals surface area (Å²) in [6, 6.07) is 0.230. The van der Waals surface area contributed by atoms with E-state index < -0.39 is 0 Å². The van der Waals surface area contributed by atoms with Gasteiger partial charge in [0.1, 0.15) is 0 Å². The summed E-state index contributed by atoms with van der Waals surface area (Å²) in [5.41, 5.74) is 5.42. The number of nitrogens with one attached hydrogen (secondary N) is 1. The van der Waals surface area contributed by atoms with Gasteiger partial charge in [-0.15, -0.1) is 0 Å². The van der Waals surface area contributed by atoms with Gasteiger partial charge in [-0.2, -0.15) is 0 Å². The van der Waals surface area contributed by atoms with Gasteiger partial charge < -0.3 is 16.0 Å². The Labute approximate surface area is 122 Å². The molecule has 0 aromatic heterocycles. The standard InChI is InChI=1S/C15H29N3O2/c1-12(2)15(20)18-10-7-13(8-11-18)17-14(19)6-4-3-5-9-16/h12-13H,3-11,16H2,1-2H3,(H,17,19). The minimum Gasteiger partial charge on any atom is -0.353 e. The van der Waals surface area contributed by atoms with Crippen LogP contribution in [0.1, 0.15) is 52.4 Å². The Morgan fingerprint density at radius 1 is 1.20 bits per heavy atom. The van der Waals surface area contributed by atoms with Crippen molar-refractivity contribution in [3.05, 3.63) is 0 Å². The third kappa shape index (κ3) is 5.90. The van der Waals surface area contributed by atoms with Crippen LogP contribution in [0.25, 0.3) is 0 Å². The summed E-state index contributed by atoms with van der Waals surface area (Å²) in [7, 11) is 0. The number of likely N-dealkylation sites (tertiary alicyclic amines) is 1. The van der Waals surface area contributed by atoms with Crippen molar-refractivity contribution in [2.24, 2.45) is 11.7 Å². The normalized spacial score (nSPS) is 16.5. The van der Waals surface area contributed by atoms with Crippen LogP contribution in [0.2, 0.25) is 0 Å². The molecule has 5 heteroatoms. The maximum atomic E-state index is 11.9. The van der Waals surface area contributed by atoms with Crippen LogP contribution in [0.4, 0.5) is 0 Å². The van der Waals surface area contributed by atoms with Crippen molar-refractivity contribution < 1.29 is 9.59 Å². The summed E-state index contributed by atoms with van der Waals surface area (Å²) in [4.78, 5) is 25.5. The molecule has 0 aliphatic carbocycles. The lowest BCUT2D eigenvalue weighted by Gasteiger charge is -2.33. The predicted molar refractivity (Wildman–Crippen MR) is 80.1 cm³/mol. The minimum atomic E-state index is 0.0590. The predicted octanol–water partition coefficient (Wildman–Crippen LogP) is 1.27. The zero-order valence-corrected chi connectivity index (χ0v) is 12.9. The monoisotopic (exact) mass is 283 g/mol. The lowest BCUT2D eigenvalue weighted by Crippen LogP contribution is -2.47. The first-order chi connectivity index (χ1) is 9.54. The molecule has 1 heterocycles. The third-order valence-electron chi connectivity index (χ3n) is 3.77. The Morgan fingerprint density at radius 2 is 1.85 bits per heavy atom. The van der Waals surface area contributed by atoms with Crippen LogP contribution in [-0.2, 0) is 9.59 Å². The zero-order chi connectivity index (χ0) is 15.0. The van der Waals surface area contributed by atoms with E-state index >= 15 is 0 Å². The summed E-state index contributed by atoms with van der Waals surface area (Å²) in [5.74, 6) is 0.413. The van der Waals surface area contributed by atoms with Gasteiger partial charge in [0.15, 0.2) is 0 Å². The number of hydrogen-bond acceptors (Lipinski definition) is 3. The largest absolute Gasteiger partial charge is 0.353 e. The molecule has 1 aliphatic heterocycles. The summed E-state index contributed by atoms with van der Waals surface area (Å²) in [5, 5.41) is 3.08. The highest BCUT2D eigenvalue weighted by Crippen LogP contribution is 2.13. The van der Waals surface area contributed by atoms with Crippen molar-refractivity contribution in [1.29, 1.82) is 0 Å². The van der Waals surface area contributed by atoms with E-state index in [0.717, 1.165) is 45.2 Å². The first kappa shape index (κ1) is 17.0. The average molecular weight is 283 g/mol. The van der Waals surface area contributed by atoms with Crippen LogP contribution in [0.5, 0.6) is 0 Å². The van der Waals surface area contributed by atoms with E-state index in [4.69, 9.17) is 5.73 Å². The Hall–Kier alpha value is -1.10. The Balaban J connectivity index is 2.18. The maximum absolute atomic E-state index is 11.9. The van der Waals surface area contributed by atoms with E-state index in [2.05, 4.69) is 5.32 Å². The van der Waals surface area contributed by atoms with Gasteiger partial charge in [-0.3, -0.25) is 9.59 Å². The molecule has 0 aromatic rings. The molecule has 0 radical (unpaired) electrons. The molecule has 5 nitrogen and oxygen atoms in total. The zero-order valence-electron chi connectivity index (χ0n) is 12.9. The van der Waals surface area contributed by atoms with E-state index in [0.29, 0.717) is 13.0 Å². The summed E-state index contributed by atoms with van der Waals surface area (Å²) in [6.45, 7) is 6.07. The lowest BCUT2D eigenvalue weighted by atomic mass is 10.0. The van der Waals surface area contributed by atoms with E-state index in [1.807, 2.05) is 18.7 Å². The second-order valence-corrected chi connectivity index (χ2v) is 5.92. The van der Waals surface area contributed by atoms with E-state index in [9.17, 15) is 9.59 Å². The highest BCUT2D eigenvalue weighted by atomic mass is 16.2. The van der Waals surface area contributed by atoms with Gasteiger partial charge in [0.25, 0.3) is 0 Å². The highest BCUT2D eigenvalue weighted by Gasteiger charge is 2.24. The molecule has 20 heavy (non-hydrogen) atoms. The maximum Gasteiger partial charge on any atom is 0.225 e. The molecule has 1 fully saturated rings.